The van der Waals surface area contributed by atoms with Crippen LogP contribution in [0.15, 0.2) is 47.7 Å². The Labute approximate surface area is 154 Å². The summed E-state index contributed by atoms with van der Waals surface area (Å²) >= 11 is 0. The molecular formula is C20H27FN4O. The first-order valence-corrected chi connectivity index (χ1v) is 8.90. The van der Waals surface area contributed by atoms with Crippen molar-refractivity contribution in [2.24, 2.45) is 10.9 Å². The van der Waals surface area contributed by atoms with Gasteiger partial charge in [0.05, 0.1) is 12.7 Å². The fourth-order valence-electron chi connectivity index (χ4n) is 2.13. The van der Waals surface area contributed by atoms with E-state index in [1.54, 1.807) is 30.6 Å². The molecule has 1 unspecified atom stereocenters. The fraction of sp³-hybridized carbons (Fsp3) is 0.400. The van der Waals surface area contributed by atoms with Gasteiger partial charge in [0.1, 0.15) is 5.75 Å². The topological polar surface area (TPSA) is 58.5 Å². The minimum atomic E-state index is -0.421. The van der Waals surface area contributed by atoms with Crippen LogP contribution in [0.1, 0.15) is 33.3 Å². The van der Waals surface area contributed by atoms with E-state index in [0.717, 1.165) is 18.1 Å². The van der Waals surface area contributed by atoms with Crippen molar-refractivity contribution in [3.8, 4) is 11.5 Å². The van der Waals surface area contributed by atoms with Crippen LogP contribution in [0, 0.1) is 11.7 Å². The average Bonchev–Trinajstić information content (AvgIpc) is 2.62. The second-order valence-electron chi connectivity index (χ2n) is 6.43. The predicted molar refractivity (Wildman–Crippen MR) is 103 cm³/mol. The predicted octanol–water partition coefficient (Wildman–Crippen LogP) is 4.11. The van der Waals surface area contributed by atoms with E-state index in [-0.39, 0.29) is 5.75 Å². The Bertz CT molecular complexity index is 719. The first-order valence-electron chi connectivity index (χ1n) is 8.90. The van der Waals surface area contributed by atoms with Crippen molar-refractivity contribution < 1.29 is 9.13 Å². The van der Waals surface area contributed by atoms with E-state index in [0.29, 0.717) is 24.3 Å². The van der Waals surface area contributed by atoms with Crippen LogP contribution >= 0.6 is 0 Å². The summed E-state index contributed by atoms with van der Waals surface area (Å²) in [5.41, 5.74) is 0.774. The monoisotopic (exact) mass is 358 g/mol. The molecule has 1 aromatic carbocycles. The van der Waals surface area contributed by atoms with E-state index in [1.165, 1.54) is 6.07 Å². The number of hydrogen-bond donors (Lipinski definition) is 2. The normalized spacial score (nSPS) is 12.8. The van der Waals surface area contributed by atoms with Crippen molar-refractivity contribution in [2.75, 3.05) is 6.54 Å². The molecule has 2 rings (SSSR count). The molecule has 0 aliphatic carbocycles. The number of pyridine rings is 1. The lowest BCUT2D eigenvalue weighted by Gasteiger charge is -2.20. The summed E-state index contributed by atoms with van der Waals surface area (Å²) in [6, 6.07) is 8.64. The zero-order valence-corrected chi connectivity index (χ0v) is 15.8. The van der Waals surface area contributed by atoms with Gasteiger partial charge in [0, 0.05) is 18.8 Å². The number of aliphatic imine (C=N–C) groups is 1. The van der Waals surface area contributed by atoms with Gasteiger partial charge in [0.25, 0.3) is 0 Å². The highest BCUT2D eigenvalue weighted by Crippen LogP contribution is 2.24. The molecule has 26 heavy (non-hydrogen) atoms. The number of ether oxygens (including phenoxy) is 1. The number of nitrogens with one attached hydrogen (secondary N) is 2. The Hall–Kier alpha value is -2.63. The molecule has 0 aliphatic rings. The van der Waals surface area contributed by atoms with Crippen LogP contribution in [0.2, 0.25) is 0 Å². The first-order chi connectivity index (χ1) is 12.5. The van der Waals surface area contributed by atoms with Crippen molar-refractivity contribution >= 4 is 5.96 Å². The van der Waals surface area contributed by atoms with Crippen molar-refractivity contribution in [1.82, 2.24) is 15.6 Å². The zero-order chi connectivity index (χ0) is 18.9. The molecule has 0 fully saturated rings. The van der Waals surface area contributed by atoms with Crippen LogP contribution in [0.25, 0.3) is 0 Å². The number of nitrogens with zero attached hydrogens (tertiary/aromatic N) is 2. The number of halogens is 1. The highest BCUT2D eigenvalue weighted by Gasteiger charge is 2.10. The van der Waals surface area contributed by atoms with E-state index in [2.05, 4.69) is 41.4 Å². The molecule has 0 amide bonds. The highest BCUT2D eigenvalue weighted by atomic mass is 19.1. The van der Waals surface area contributed by atoms with Gasteiger partial charge in [-0.1, -0.05) is 19.9 Å². The molecule has 0 radical (unpaired) electrons. The number of hydrogen-bond acceptors (Lipinski definition) is 3. The van der Waals surface area contributed by atoms with Crippen molar-refractivity contribution in [1.29, 1.82) is 0 Å². The molecule has 1 atom stereocenters. The Morgan fingerprint density at radius 3 is 2.69 bits per heavy atom. The van der Waals surface area contributed by atoms with Gasteiger partial charge in [0.15, 0.2) is 17.5 Å². The molecule has 1 aromatic heterocycles. The molecule has 0 saturated carbocycles. The molecule has 2 aromatic rings. The van der Waals surface area contributed by atoms with Crippen molar-refractivity contribution in [2.45, 2.75) is 40.3 Å². The van der Waals surface area contributed by atoms with Crippen LogP contribution in [0.5, 0.6) is 11.5 Å². The van der Waals surface area contributed by atoms with Crippen molar-refractivity contribution in [3.05, 3.63) is 54.1 Å². The Morgan fingerprint density at radius 1 is 1.27 bits per heavy atom. The summed E-state index contributed by atoms with van der Waals surface area (Å²) in [5.74, 6) is 1.46. The Balaban J connectivity index is 2.05. The highest BCUT2D eigenvalue weighted by molar-refractivity contribution is 5.80. The van der Waals surface area contributed by atoms with Crippen LogP contribution in [-0.2, 0) is 6.54 Å². The lowest BCUT2D eigenvalue weighted by Crippen LogP contribution is -2.44. The van der Waals surface area contributed by atoms with Gasteiger partial charge in [-0.2, -0.15) is 0 Å². The quantitative estimate of drug-likeness (QED) is 0.578. The van der Waals surface area contributed by atoms with E-state index >= 15 is 0 Å². The van der Waals surface area contributed by atoms with Gasteiger partial charge in [-0.15, -0.1) is 0 Å². The third-order valence-corrected chi connectivity index (χ3v) is 3.99. The molecule has 6 heteroatoms. The minimum absolute atomic E-state index is 0.171. The summed E-state index contributed by atoms with van der Waals surface area (Å²) in [6.07, 6.45) is 3.18. The van der Waals surface area contributed by atoms with E-state index in [9.17, 15) is 4.39 Å². The van der Waals surface area contributed by atoms with Gasteiger partial charge in [-0.3, -0.25) is 4.98 Å². The van der Waals surface area contributed by atoms with Crippen LogP contribution in [-0.4, -0.2) is 23.5 Å². The lowest BCUT2D eigenvalue weighted by molar-refractivity contribution is 0.440. The lowest BCUT2D eigenvalue weighted by atomic mass is 10.1. The minimum Gasteiger partial charge on any atom is -0.453 e. The van der Waals surface area contributed by atoms with Crippen LogP contribution in [0.3, 0.4) is 0 Å². The second-order valence-corrected chi connectivity index (χ2v) is 6.43. The summed E-state index contributed by atoms with van der Waals surface area (Å²) in [5, 5.41) is 6.57. The third-order valence-electron chi connectivity index (χ3n) is 3.99. The number of benzene rings is 1. The standard InChI is InChI=1S/C20H27FN4O/c1-5-23-20(25-15(4)14(2)3)24-12-16-8-9-19(18(21)11-16)26-17-7-6-10-22-13-17/h6-11,13-15H,5,12H2,1-4H3,(H2,23,24,25). The molecule has 140 valence electrons. The van der Waals surface area contributed by atoms with Crippen molar-refractivity contribution in [3.63, 3.8) is 0 Å². The number of guanidine groups is 1. The maximum Gasteiger partial charge on any atom is 0.191 e. The summed E-state index contributed by atoms with van der Waals surface area (Å²) in [4.78, 5) is 8.49. The third kappa shape index (κ3) is 6.02. The maximum absolute atomic E-state index is 14.3. The molecule has 1 heterocycles. The summed E-state index contributed by atoms with van der Waals surface area (Å²) in [7, 11) is 0. The molecule has 5 nitrogen and oxygen atoms in total. The summed E-state index contributed by atoms with van der Waals surface area (Å²) in [6.45, 7) is 9.57. The number of aromatic nitrogens is 1. The molecule has 0 aliphatic heterocycles. The Kier molecular flexibility index (Phi) is 7.38. The largest absolute Gasteiger partial charge is 0.453 e. The molecule has 0 bridgehead atoms. The second kappa shape index (κ2) is 9.75. The van der Waals surface area contributed by atoms with Gasteiger partial charge >= 0.3 is 0 Å². The van der Waals surface area contributed by atoms with E-state index < -0.39 is 5.82 Å². The zero-order valence-electron chi connectivity index (χ0n) is 15.8. The first kappa shape index (κ1) is 19.7. The van der Waals surface area contributed by atoms with Crippen LogP contribution < -0.4 is 15.4 Å². The average molecular weight is 358 g/mol. The van der Waals surface area contributed by atoms with E-state index in [1.807, 2.05) is 13.0 Å². The number of rotatable bonds is 7. The fourth-order valence-corrected chi connectivity index (χ4v) is 2.13. The van der Waals surface area contributed by atoms with E-state index in [4.69, 9.17) is 4.74 Å². The molecule has 0 saturated heterocycles. The van der Waals surface area contributed by atoms with Gasteiger partial charge in [-0.05, 0) is 49.6 Å². The summed E-state index contributed by atoms with van der Waals surface area (Å²) < 4.78 is 19.8. The van der Waals surface area contributed by atoms with Gasteiger partial charge in [-0.25, -0.2) is 9.38 Å². The van der Waals surface area contributed by atoms with Gasteiger partial charge in [0.2, 0.25) is 0 Å². The van der Waals surface area contributed by atoms with Crippen LogP contribution in [0.4, 0.5) is 4.39 Å². The molecule has 0 spiro atoms. The molecule has 2 N–H and O–H groups in total. The Morgan fingerprint density at radius 2 is 2.08 bits per heavy atom. The van der Waals surface area contributed by atoms with Gasteiger partial charge < -0.3 is 15.4 Å². The maximum atomic E-state index is 14.3. The molecular weight excluding hydrogens is 331 g/mol. The SMILES string of the molecule is CCNC(=NCc1ccc(Oc2cccnc2)c(F)c1)NC(C)C(C)C. The smallest absolute Gasteiger partial charge is 0.191 e.